The summed E-state index contributed by atoms with van der Waals surface area (Å²) in [6, 6.07) is 0. The van der Waals surface area contributed by atoms with Crippen molar-refractivity contribution in [2.75, 3.05) is 7.11 Å². The van der Waals surface area contributed by atoms with Gasteiger partial charge in [-0.15, -0.1) is 0 Å². The summed E-state index contributed by atoms with van der Waals surface area (Å²) >= 11 is 0. The molecule has 1 aliphatic rings. The summed E-state index contributed by atoms with van der Waals surface area (Å²) in [5.41, 5.74) is 0. The van der Waals surface area contributed by atoms with Crippen LogP contribution in [0.1, 0.15) is 26.2 Å². The Morgan fingerprint density at radius 1 is 1.54 bits per heavy atom. The molecule has 13 heavy (non-hydrogen) atoms. The van der Waals surface area contributed by atoms with E-state index in [2.05, 4.69) is 4.74 Å². The minimum absolute atomic E-state index is 0.0254. The number of rotatable bonds is 3. The van der Waals surface area contributed by atoms with E-state index < -0.39 is 0 Å². The van der Waals surface area contributed by atoms with Crippen LogP contribution in [0.4, 0.5) is 0 Å². The van der Waals surface area contributed by atoms with Crippen LogP contribution >= 0.6 is 0 Å². The molecule has 3 heteroatoms. The van der Waals surface area contributed by atoms with Gasteiger partial charge in [0, 0.05) is 5.92 Å². The quantitative estimate of drug-likeness (QED) is 0.492. The summed E-state index contributed by atoms with van der Waals surface area (Å²) in [5, 5.41) is 0. The standard InChI is InChI=1S/C10H16O3/c1-7(6-11)8-3-4-9(5-8)10(12)13-2/h6-9H,3-5H2,1-2H3. The average molecular weight is 184 g/mol. The van der Waals surface area contributed by atoms with E-state index in [1.807, 2.05) is 6.92 Å². The monoisotopic (exact) mass is 184 g/mol. The lowest BCUT2D eigenvalue weighted by atomic mass is 9.93. The van der Waals surface area contributed by atoms with E-state index >= 15 is 0 Å². The molecule has 1 fully saturated rings. The van der Waals surface area contributed by atoms with Crippen molar-refractivity contribution >= 4 is 12.3 Å². The molecule has 3 nitrogen and oxygen atoms in total. The molecule has 1 aliphatic carbocycles. The highest BCUT2D eigenvalue weighted by molar-refractivity contribution is 5.72. The maximum absolute atomic E-state index is 11.2. The van der Waals surface area contributed by atoms with E-state index in [1.165, 1.54) is 7.11 Å². The Morgan fingerprint density at radius 3 is 2.77 bits per heavy atom. The van der Waals surface area contributed by atoms with Crippen LogP contribution in [0.25, 0.3) is 0 Å². The predicted molar refractivity (Wildman–Crippen MR) is 48.1 cm³/mol. The summed E-state index contributed by atoms with van der Waals surface area (Å²) in [6.07, 6.45) is 3.63. The van der Waals surface area contributed by atoms with Crippen molar-refractivity contribution in [1.82, 2.24) is 0 Å². The molecule has 0 aliphatic heterocycles. The van der Waals surface area contributed by atoms with Gasteiger partial charge in [0.25, 0.3) is 0 Å². The van der Waals surface area contributed by atoms with Gasteiger partial charge < -0.3 is 9.53 Å². The minimum atomic E-state index is -0.124. The number of hydrogen-bond acceptors (Lipinski definition) is 3. The Bertz CT molecular complexity index is 200. The molecular weight excluding hydrogens is 168 g/mol. The number of hydrogen-bond donors (Lipinski definition) is 0. The SMILES string of the molecule is COC(=O)C1CCC(C(C)C=O)C1. The Morgan fingerprint density at radius 2 is 2.23 bits per heavy atom. The molecule has 1 rings (SSSR count). The first-order valence-corrected chi connectivity index (χ1v) is 4.72. The number of ether oxygens (including phenoxy) is 1. The smallest absolute Gasteiger partial charge is 0.308 e. The van der Waals surface area contributed by atoms with Gasteiger partial charge in [0.05, 0.1) is 13.0 Å². The zero-order chi connectivity index (χ0) is 9.84. The highest BCUT2D eigenvalue weighted by Crippen LogP contribution is 2.35. The number of carbonyl (C=O) groups is 2. The predicted octanol–water partition coefficient (Wildman–Crippen LogP) is 1.41. The van der Waals surface area contributed by atoms with Crippen molar-refractivity contribution in [2.24, 2.45) is 17.8 Å². The number of aldehydes is 1. The first kappa shape index (κ1) is 10.2. The van der Waals surface area contributed by atoms with Crippen LogP contribution in [0, 0.1) is 17.8 Å². The van der Waals surface area contributed by atoms with Gasteiger partial charge in [0.2, 0.25) is 0 Å². The van der Waals surface area contributed by atoms with Gasteiger partial charge in [-0.3, -0.25) is 4.79 Å². The third kappa shape index (κ3) is 2.29. The van der Waals surface area contributed by atoms with Crippen molar-refractivity contribution in [2.45, 2.75) is 26.2 Å². The number of methoxy groups -OCH3 is 1. The zero-order valence-electron chi connectivity index (χ0n) is 8.16. The molecule has 0 spiro atoms. The lowest BCUT2D eigenvalue weighted by Gasteiger charge is -2.12. The Hall–Kier alpha value is -0.860. The van der Waals surface area contributed by atoms with E-state index in [9.17, 15) is 9.59 Å². The third-order valence-electron chi connectivity index (χ3n) is 2.97. The molecule has 0 aromatic rings. The van der Waals surface area contributed by atoms with Crippen molar-refractivity contribution in [1.29, 1.82) is 0 Å². The fourth-order valence-corrected chi connectivity index (χ4v) is 1.99. The van der Waals surface area contributed by atoms with Crippen molar-refractivity contribution < 1.29 is 14.3 Å². The van der Waals surface area contributed by atoms with Crippen LogP contribution in [0.3, 0.4) is 0 Å². The van der Waals surface area contributed by atoms with Gasteiger partial charge in [0.15, 0.2) is 0 Å². The highest BCUT2D eigenvalue weighted by Gasteiger charge is 2.33. The molecule has 0 amide bonds. The fourth-order valence-electron chi connectivity index (χ4n) is 1.99. The van der Waals surface area contributed by atoms with Gasteiger partial charge in [-0.25, -0.2) is 0 Å². The van der Waals surface area contributed by atoms with Gasteiger partial charge in [-0.05, 0) is 25.2 Å². The van der Waals surface area contributed by atoms with Crippen LogP contribution in [0.15, 0.2) is 0 Å². The van der Waals surface area contributed by atoms with Crippen molar-refractivity contribution in [3.63, 3.8) is 0 Å². The molecule has 0 N–H and O–H groups in total. The Balaban J connectivity index is 2.44. The molecule has 0 bridgehead atoms. The van der Waals surface area contributed by atoms with E-state index in [1.54, 1.807) is 0 Å². The Kier molecular flexibility index (Phi) is 3.46. The average Bonchev–Trinajstić information content (AvgIpc) is 2.64. The van der Waals surface area contributed by atoms with E-state index in [4.69, 9.17) is 0 Å². The van der Waals surface area contributed by atoms with Crippen molar-refractivity contribution in [3.8, 4) is 0 Å². The first-order chi connectivity index (χ1) is 6.19. The highest BCUT2D eigenvalue weighted by atomic mass is 16.5. The van der Waals surface area contributed by atoms with Crippen LogP contribution in [0.2, 0.25) is 0 Å². The maximum atomic E-state index is 11.2. The summed E-state index contributed by atoms with van der Waals surface area (Å²) in [5.74, 6) is 0.356. The maximum Gasteiger partial charge on any atom is 0.308 e. The molecule has 0 heterocycles. The van der Waals surface area contributed by atoms with Crippen LogP contribution < -0.4 is 0 Å². The molecule has 0 aromatic heterocycles. The Labute approximate surface area is 78.5 Å². The number of esters is 1. The first-order valence-electron chi connectivity index (χ1n) is 4.72. The molecule has 0 radical (unpaired) electrons. The molecular formula is C10H16O3. The number of carbonyl (C=O) groups excluding carboxylic acids is 2. The summed E-state index contributed by atoms with van der Waals surface area (Å²) < 4.78 is 4.67. The zero-order valence-corrected chi connectivity index (χ0v) is 8.16. The molecule has 3 atom stereocenters. The molecule has 0 aromatic carbocycles. The van der Waals surface area contributed by atoms with Gasteiger partial charge in [-0.1, -0.05) is 6.92 Å². The summed E-state index contributed by atoms with van der Waals surface area (Å²) in [4.78, 5) is 21.7. The largest absolute Gasteiger partial charge is 0.469 e. The minimum Gasteiger partial charge on any atom is -0.469 e. The molecule has 3 unspecified atom stereocenters. The van der Waals surface area contributed by atoms with Crippen LogP contribution in [-0.2, 0) is 14.3 Å². The van der Waals surface area contributed by atoms with E-state index in [-0.39, 0.29) is 17.8 Å². The lowest BCUT2D eigenvalue weighted by molar-refractivity contribution is -0.145. The second-order valence-electron chi connectivity index (χ2n) is 3.79. The second kappa shape index (κ2) is 4.40. The fraction of sp³-hybridized carbons (Fsp3) is 0.800. The van der Waals surface area contributed by atoms with Crippen LogP contribution in [0.5, 0.6) is 0 Å². The van der Waals surface area contributed by atoms with Gasteiger partial charge >= 0.3 is 5.97 Å². The topological polar surface area (TPSA) is 43.4 Å². The normalized spacial score (nSPS) is 29.7. The van der Waals surface area contributed by atoms with Crippen LogP contribution in [-0.4, -0.2) is 19.4 Å². The summed E-state index contributed by atoms with van der Waals surface area (Å²) in [6.45, 7) is 1.91. The summed E-state index contributed by atoms with van der Waals surface area (Å²) in [7, 11) is 1.42. The molecule has 0 saturated heterocycles. The lowest BCUT2D eigenvalue weighted by Crippen LogP contribution is -2.15. The van der Waals surface area contributed by atoms with E-state index in [0.717, 1.165) is 25.5 Å². The van der Waals surface area contributed by atoms with Gasteiger partial charge in [-0.2, -0.15) is 0 Å². The van der Waals surface area contributed by atoms with Crippen molar-refractivity contribution in [3.05, 3.63) is 0 Å². The van der Waals surface area contributed by atoms with Gasteiger partial charge in [0.1, 0.15) is 6.29 Å². The third-order valence-corrected chi connectivity index (χ3v) is 2.97. The molecule has 74 valence electrons. The van der Waals surface area contributed by atoms with E-state index in [0.29, 0.717) is 5.92 Å². The molecule has 1 saturated carbocycles. The second-order valence-corrected chi connectivity index (χ2v) is 3.79.